The van der Waals surface area contributed by atoms with Crippen LogP contribution in [0.2, 0.25) is 0 Å². The van der Waals surface area contributed by atoms with Crippen LogP contribution in [0.3, 0.4) is 0 Å². The van der Waals surface area contributed by atoms with Gasteiger partial charge in [-0.25, -0.2) is 4.39 Å². The molecule has 5 heteroatoms. The van der Waals surface area contributed by atoms with Gasteiger partial charge in [0.15, 0.2) is 0 Å². The van der Waals surface area contributed by atoms with Gasteiger partial charge in [0.1, 0.15) is 11.4 Å². The van der Waals surface area contributed by atoms with Crippen LogP contribution in [0, 0.1) is 17.1 Å². The molecule has 1 unspecified atom stereocenters. The van der Waals surface area contributed by atoms with Gasteiger partial charge in [-0.1, -0.05) is 0 Å². The Morgan fingerprint density at radius 1 is 1.26 bits per heavy atom. The zero-order valence-corrected chi connectivity index (χ0v) is 11.1. The Kier molecular flexibility index (Phi) is 4.03. The van der Waals surface area contributed by atoms with Gasteiger partial charge in [-0.2, -0.15) is 5.26 Å². The molecule has 19 heavy (non-hydrogen) atoms. The highest BCUT2D eigenvalue weighted by Gasteiger charge is 2.25. The minimum atomic E-state index is -0.794. The first-order valence-electron chi connectivity index (χ1n) is 6.43. The summed E-state index contributed by atoms with van der Waals surface area (Å²) in [6.45, 7) is 5.80. The van der Waals surface area contributed by atoms with Gasteiger partial charge in [-0.3, -0.25) is 4.90 Å². The van der Waals surface area contributed by atoms with E-state index in [1.807, 2.05) is 0 Å². The van der Waals surface area contributed by atoms with E-state index >= 15 is 0 Å². The van der Waals surface area contributed by atoms with Crippen LogP contribution in [0.15, 0.2) is 24.3 Å². The number of nitrogens with zero attached hydrogens (tertiary/aromatic N) is 3. The molecule has 0 radical (unpaired) electrons. The molecule has 0 amide bonds. The monoisotopic (exact) mass is 262 g/mol. The maximum absolute atomic E-state index is 12.9. The third kappa shape index (κ3) is 3.66. The number of anilines is 1. The molecule has 1 aromatic carbocycles. The van der Waals surface area contributed by atoms with Crippen molar-refractivity contribution in [2.45, 2.75) is 12.5 Å². The second-order valence-electron chi connectivity index (χ2n) is 5.27. The molecular formula is C14H19FN4. The molecule has 4 nitrogen and oxygen atoms in total. The predicted molar refractivity (Wildman–Crippen MR) is 73.3 cm³/mol. The van der Waals surface area contributed by atoms with Gasteiger partial charge >= 0.3 is 0 Å². The minimum Gasteiger partial charge on any atom is -0.369 e. The van der Waals surface area contributed by atoms with Crippen LogP contribution >= 0.6 is 0 Å². The highest BCUT2D eigenvalue weighted by atomic mass is 19.1. The minimum absolute atomic E-state index is 0.213. The van der Waals surface area contributed by atoms with E-state index in [1.54, 1.807) is 19.1 Å². The van der Waals surface area contributed by atoms with E-state index < -0.39 is 5.54 Å². The Morgan fingerprint density at radius 3 is 2.37 bits per heavy atom. The zero-order chi connectivity index (χ0) is 13.9. The fourth-order valence-corrected chi connectivity index (χ4v) is 2.32. The summed E-state index contributed by atoms with van der Waals surface area (Å²) in [6, 6.07) is 8.68. The van der Waals surface area contributed by atoms with Crippen LogP contribution in [0.25, 0.3) is 0 Å². The summed E-state index contributed by atoms with van der Waals surface area (Å²) in [4.78, 5) is 4.42. The second kappa shape index (κ2) is 5.55. The molecule has 1 aliphatic heterocycles. The second-order valence-corrected chi connectivity index (χ2v) is 5.27. The van der Waals surface area contributed by atoms with Crippen molar-refractivity contribution < 1.29 is 4.39 Å². The first kappa shape index (κ1) is 13.8. The van der Waals surface area contributed by atoms with Crippen LogP contribution in [-0.4, -0.2) is 43.2 Å². The van der Waals surface area contributed by atoms with Gasteiger partial charge in [0, 0.05) is 38.4 Å². The maximum atomic E-state index is 12.9. The smallest absolute Gasteiger partial charge is 0.123 e. The van der Waals surface area contributed by atoms with Crippen LogP contribution < -0.4 is 10.6 Å². The first-order chi connectivity index (χ1) is 9.00. The lowest BCUT2D eigenvalue weighted by Crippen LogP contribution is -2.53. The largest absolute Gasteiger partial charge is 0.369 e. The Hall–Kier alpha value is -1.64. The number of piperazine rings is 1. The van der Waals surface area contributed by atoms with Gasteiger partial charge in [0.2, 0.25) is 0 Å². The third-order valence-electron chi connectivity index (χ3n) is 3.37. The molecular weight excluding hydrogens is 243 g/mol. The Balaban J connectivity index is 1.89. The average Bonchev–Trinajstić information content (AvgIpc) is 2.40. The van der Waals surface area contributed by atoms with Crippen LogP contribution in [0.1, 0.15) is 6.92 Å². The maximum Gasteiger partial charge on any atom is 0.123 e. The van der Waals surface area contributed by atoms with E-state index in [1.165, 1.54) is 12.1 Å². The molecule has 1 heterocycles. The van der Waals surface area contributed by atoms with E-state index in [9.17, 15) is 4.39 Å². The normalized spacial score (nSPS) is 19.8. The number of nitrogens with two attached hydrogens (primary N) is 1. The van der Waals surface area contributed by atoms with Crippen LogP contribution in [0.5, 0.6) is 0 Å². The highest BCUT2D eigenvalue weighted by molar-refractivity contribution is 5.46. The SMILES string of the molecule is CC(N)(C#N)CN1CCN(c2ccc(F)cc2)CC1. The Labute approximate surface area is 113 Å². The highest BCUT2D eigenvalue weighted by Crippen LogP contribution is 2.17. The van der Waals surface area contributed by atoms with E-state index in [0.29, 0.717) is 6.54 Å². The van der Waals surface area contributed by atoms with Crippen molar-refractivity contribution in [2.24, 2.45) is 5.73 Å². The standard InChI is InChI=1S/C14H19FN4/c1-14(17,10-16)11-18-6-8-19(9-7-18)13-4-2-12(15)3-5-13/h2-5H,6-9,11,17H2,1H3. The fourth-order valence-electron chi connectivity index (χ4n) is 2.32. The van der Waals surface area contributed by atoms with Crippen molar-refractivity contribution in [3.63, 3.8) is 0 Å². The molecule has 0 aliphatic carbocycles. The molecule has 0 spiro atoms. The molecule has 1 aliphatic rings. The summed E-state index contributed by atoms with van der Waals surface area (Å²) in [5.74, 6) is -0.213. The van der Waals surface area contributed by atoms with Gasteiger partial charge in [0.05, 0.1) is 6.07 Å². The van der Waals surface area contributed by atoms with Crippen molar-refractivity contribution in [3.05, 3.63) is 30.1 Å². The molecule has 0 aromatic heterocycles. The van der Waals surface area contributed by atoms with Crippen LogP contribution in [0.4, 0.5) is 10.1 Å². The zero-order valence-electron chi connectivity index (χ0n) is 11.1. The molecule has 0 bridgehead atoms. The summed E-state index contributed by atoms with van der Waals surface area (Å²) >= 11 is 0. The predicted octanol–water partition coefficient (Wildman–Crippen LogP) is 1.19. The molecule has 2 N–H and O–H groups in total. The molecule has 1 aromatic rings. The molecule has 102 valence electrons. The third-order valence-corrected chi connectivity index (χ3v) is 3.37. The van der Waals surface area contributed by atoms with Gasteiger partial charge in [-0.15, -0.1) is 0 Å². The lowest BCUT2D eigenvalue weighted by atomic mass is 10.1. The Morgan fingerprint density at radius 2 is 1.84 bits per heavy atom. The van der Waals surface area contributed by atoms with Gasteiger partial charge in [-0.05, 0) is 31.2 Å². The number of rotatable bonds is 3. The summed E-state index contributed by atoms with van der Waals surface area (Å²) in [5.41, 5.74) is 6.10. The quantitative estimate of drug-likeness (QED) is 0.889. The molecule has 1 atom stereocenters. The summed E-state index contributed by atoms with van der Waals surface area (Å²) in [7, 11) is 0. The van der Waals surface area contributed by atoms with Crippen molar-refractivity contribution >= 4 is 5.69 Å². The lowest BCUT2D eigenvalue weighted by molar-refractivity contribution is 0.228. The number of nitriles is 1. The number of benzene rings is 1. The lowest BCUT2D eigenvalue weighted by Gasteiger charge is -2.38. The van der Waals surface area contributed by atoms with Crippen molar-refractivity contribution in [3.8, 4) is 6.07 Å². The van der Waals surface area contributed by atoms with Gasteiger partial charge in [0.25, 0.3) is 0 Å². The summed E-state index contributed by atoms with van der Waals surface area (Å²) < 4.78 is 12.9. The van der Waals surface area contributed by atoms with E-state index in [4.69, 9.17) is 11.0 Å². The summed E-state index contributed by atoms with van der Waals surface area (Å²) in [5, 5.41) is 8.93. The average molecular weight is 262 g/mol. The molecule has 2 rings (SSSR count). The van der Waals surface area contributed by atoms with E-state index in [2.05, 4.69) is 15.9 Å². The molecule has 0 saturated carbocycles. The number of hydrogen-bond donors (Lipinski definition) is 1. The topological polar surface area (TPSA) is 56.3 Å². The van der Waals surface area contributed by atoms with Gasteiger partial charge < -0.3 is 10.6 Å². The fraction of sp³-hybridized carbons (Fsp3) is 0.500. The molecule has 1 fully saturated rings. The molecule has 1 saturated heterocycles. The van der Waals surface area contributed by atoms with Crippen LogP contribution in [-0.2, 0) is 0 Å². The number of halogens is 1. The van der Waals surface area contributed by atoms with Crippen molar-refractivity contribution in [2.75, 3.05) is 37.6 Å². The van der Waals surface area contributed by atoms with Crippen molar-refractivity contribution in [1.82, 2.24) is 4.90 Å². The number of hydrogen-bond acceptors (Lipinski definition) is 4. The van der Waals surface area contributed by atoms with E-state index in [-0.39, 0.29) is 5.82 Å². The Bertz CT molecular complexity index is 455. The van der Waals surface area contributed by atoms with E-state index in [0.717, 1.165) is 31.9 Å². The first-order valence-corrected chi connectivity index (χ1v) is 6.43. The summed E-state index contributed by atoms with van der Waals surface area (Å²) in [6.07, 6.45) is 0. The van der Waals surface area contributed by atoms with Crippen molar-refractivity contribution in [1.29, 1.82) is 5.26 Å².